The quantitative estimate of drug-likeness (QED) is 0.703. The van der Waals surface area contributed by atoms with E-state index in [0.717, 1.165) is 24.6 Å². The third kappa shape index (κ3) is 7.17. The summed E-state index contributed by atoms with van der Waals surface area (Å²) in [6.45, 7) is 2.00. The first-order valence-electron chi connectivity index (χ1n) is 9.26. The van der Waals surface area contributed by atoms with Gasteiger partial charge in [0.05, 0.1) is 6.42 Å². The molecule has 0 radical (unpaired) electrons. The van der Waals surface area contributed by atoms with Crippen LogP contribution >= 0.6 is 0 Å². The molecule has 0 aromatic heterocycles. The van der Waals surface area contributed by atoms with Crippen LogP contribution in [0, 0.1) is 0 Å². The van der Waals surface area contributed by atoms with Gasteiger partial charge in [-0.15, -0.1) is 0 Å². The normalized spacial score (nSPS) is 15.7. The van der Waals surface area contributed by atoms with Crippen molar-refractivity contribution in [3.05, 3.63) is 35.9 Å². The molecule has 0 saturated heterocycles. The van der Waals surface area contributed by atoms with Crippen LogP contribution in [0.15, 0.2) is 30.3 Å². The fourth-order valence-corrected chi connectivity index (χ4v) is 3.44. The Bertz CT molecular complexity index is 440. The number of rotatable bonds is 9. The number of carbonyl (C=O) groups excluding carboxylic acids is 1. The molecule has 1 N–H and O–H groups in total. The lowest BCUT2D eigenvalue weighted by molar-refractivity contribution is -0.120. The van der Waals surface area contributed by atoms with E-state index in [1.165, 1.54) is 51.5 Å². The first-order chi connectivity index (χ1) is 11.3. The molecule has 1 aliphatic rings. The number of unbranched alkanes of at least 4 members (excludes halogenated alkanes) is 2. The average molecular weight is 316 g/mol. The SMILES string of the molecule is CN(CCCCCNC(=O)Cc1ccccc1)C1CCCCC1. The molecule has 0 bridgehead atoms. The summed E-state index contributed by atoms with van der Waals surface area (Å²) in [6, 6.07) is 10.7. The molecule has 0 atom stereocenters. The summed E-state index contributed by atoms with van der Waals surface area (Å²) in [5.41, 5.74) is 1.08. The lowest BCUT2D eigenvalue weighted by Crippen LogP contribution is -2.34. The zero-order chi connectivity index (χ0) is 16.3. The standard InChI is InChI=1S/C20H32N2O/c1-22(19-13-7-3-8-14-19)16-10-4-9-15-21-20(23)17-18-11-5-2-6-12-18/h2,5-6,11-12,19H,3-4,7-10,13-17H2,1H3,(H,21,23). The van der Waals surface area contributed by atoms with Crippen LogP contribution < -0.4 is 5.32 Å². The second-order valence-electron chi connectivity index (χ2n) is 6.85. The topological polar surface area (TPSA) is 32.3 Å². The Labute approximate surface area is 141 Å². The van der Waals surface area contributed by atoms with E-state index in [4.69, 9.17) is 0 Å². The number of nitrogens with zero attached hydrogens (tertiary/aromatic N) is 1. The van der Waals surface area contributed by atoms with Crippen molar-refractivity contribution in [2.24, 2.45) is 0 Å². The van der Waals surface area contributed by atoms with Crippen molar-refractivity contribution in [2.75, 3.05) is 20.1 Å². The van der Waals surface area contributed by atoms with Crippen LogP contribution in [0.2, 0.25) is 0 Å². The van der Waals surface area contributed by atoms with Gasteiger partial charge in [-0.25, -0.2) is 0 Å². The molecule has 1 saturated carbocycles. The van der Waals surface area contributed by atoms with Crippen LogP contribution in [0.25, 0.3) is 0 Å². The molecule has 0 unspecified atom stereocenters. The van der Waals surface area contributed by atoms with Crippen LogP contribution in [0.5, 0.6) is 0 Å². The fourth-order valence-electron chi connectivity index (χ4n) is 3.44. The number of benzene rings is 1. The average Bonchev–Trinajstić information content (AvgIpc) is 2.59. The highest BCUT2D eigenvalue weighted by molar-refractivity contribution is 5.78. The Balaban J connectivity index is 1.48. The lowest BCUT2D eigenvalue weighted by Gasteiger charge is -2.31. The zero-order valence-corrected chi connectivity index (χ0v) is 14.6. The van der Waals surface area contributed by atoms with Crippen molar-refractivity contribution in [2.45, 2.75) is 63.8 Å². The maximum Gasteiger partial charge on any atom is 0.224 e. The largest absolute Gasteiger partial charge is 0.356 e. The van der Waals surface area contributed by atoms with E-state index in [1.54, 1.807) is 0 Å². The molecule has 3 nitrogen and oxygen atoms in total. The highest BCUT2D eigenvalue weighted by Gasteiger charge is 2.17. The molecule has 2 rings (SSSR count). The third-order valence-corrected chi connectivity index (χ3v) is 4.92. The monoisotopic (exact) mass is 316 g/mol. The van der Waals surface area contributed by atoms with Gasteiger partial charge in [0.25, 0.3) is 0 Å². The van der Waals surface area contributed by atoms with Crippen molar-refractivity contribution >= 4 is 5.91 Å². The van der Waals surface area contributed by atoms with Gasteiger partial charge in [-0.2, -0.15) is 0 Å². The minimum atomic E-state index is 0.135. The van der Waals surface area contributed by atoms with Crippen LogP contribution in [-0.4, -0.2) is 37.0 Å². The number of amides is 1. The maximum absolute atomic E-state index is 11.8. The van der Waals surface area contributed by atoms with E-state index in [9.17, 15) is 4.79 Å². The van der Waals surface area contributed by atoms with Gasteiger partial charge >= 0.3 is 0 Å². The van der Waals surface area contributed by atoms with Crippen LogP contribution in [-0.2, 0) is 11.2 Å². The fraction of sp³-hybridized carbons (Fsp3) is 0.650. The van der Waals surface area contributed by atoms with E-state index in [2.05, 4.69) is 17.3 Å². The van der Waals surface area contributed by atoms with Crippen molar-refractivity contribution in [3.63, 3.8) is 0 Å². The number of hydrogen-bond donors (Lipinski definition) is 1. The van der Waals surface area contributed by atoms with Gasteiger partial charge in [0.1, 0.15) is 0 Å². The van der Waals surface area contributed by atoms with Gasteiger partial charge in [-0.1, -0.05) is 56.0 Å². The lowest BCUT2D eigenvalue weighted by atomic mass is 9.94. The van der Waals surface area contributed by atoms with E-state index in [0.29, 0.717) is 6.42 Å². The molecule has 23 heavy (non-hydrogen) atoms. The summed E-state index contributed by atoms with van der Waals surface area (Å²) in [5, 5.41) is 3.03. The second-order valence-corrected chi connectivity index (χ2v) is 6.85. The molecule has 3 heteroatoms. The molecule has 1 aromatic carbocycles. The van der Waals surface area contributed by atoms with Gasteiger partial charge in [0, 0.05) is 12.6 Å². The van der Waals surface area contributed by atoms with E-state index >= 15 is 0 Å². The summed E-state index contributed by atoms with van der Waals surface area (Å²) in [4.78, 5) is 14.4. The third-order valence-electron chi connectivity index (χ3n) is 4.92. The molecule has 0 heterocycles. The zero-order valence-electron chi connectivity index (χ0n) is 14.6. The molecule has 1 amide bonds. The highest BCUT2D eigenvalue weighted by Crippen LogP contribution is 2.21. The van der Waals surface area contributed by atoms with E-state index in [-0.39, 0.29) is 5.91 Å². The van der Waals surface area contributed by atoms with E-state index < -0.39 is 0 Å². The maximum atomic E-state index is 11.8. The molecule has 128 valence electrons. The molecule has 1 aromatic rings. The Morgan fingerprint density at radius 1 is 1.09 bits per heavy atom. The summed E-state index contributed by atoms with van der Waals surface area (Å²) in [7, 11) is 2.28. The molecule has 1 aliphatic carbocycles. The molecule has 0 spiro atoms. The number of carbonyl (C=O) groups is 1. The number of nitrogens with one attached hydrogen (secondary N) is 1. The summed E-state index contributed by atoms with van der Waals surface area (Å²) >= 11 is 0. The predicted octanol–water partition coefficient (Wildman–Crippen LogP) is 3.78. The van der Waals surface area contributed by atoms with Crippen molar-refractivity contribution in [3.8, 4) is 0 Å². The minimum Gasteiger partial charge on any atom is -0.356 e. The summed E-state index contributed by atoms with van der Waals surface area (Å²) in [6.07, 6.45) is 11.0. The van der Waals surface area contributed by atoms with Gasteiger partial charge in [0.15, 0.2) is 0 Å². The Kier molecular flexibility index (Phi) is 8.16. The van der Waals surface area contributed by atoms with Crippen LogP contribution in [0.4, 0.5) is 0 Å². The number of hydrogen-bond acceptors (Lipinski definition) is 2. The molecule has 1 fully saturated rings. The highest BCUT2D eigenvalue weighted by atomic mass is 16.1. The molecule has 0 aliphatic heterocycles. The summed E-state index contributed by atoms with van der Waals surface area (Å²) < 4.78 is 0. The Morgan fingerprint density at radius 2 is 1.83 bits per heavy atom. The van der Waals surface area contributed by atoms with Crippen molar-refractivity contribution < 1.29 is 4.79 Å². The second kappa shape index (κ2) is 10.4. The Morgan fingerprint density at radius 3 is 2.57 bits per heavy atom. The summed E-state index contributed by atoms with van der Waals surface area (Å²) in [5.74, 6) is 0.135. The predicted molar refractivity (Wildman–Crippen MR) is 96.5 cm³/mol. The van der Waals surface area contributed by atoms with Crippen LogP contribution in [0.3, 0.4) is 0 Å². The van der Waals surface area contributed by atoms with Gasteiger partial charge < -0.3 is 10.2 Å². The minimum absolute atomic E-state index is 0.135. The van der Waals surface area contributed by atoms with Crippen molar-refractivity contribution in [1.29, 1.82) is 0 Å². The smallest absolute Gasteiger partial charge is 0.224 e. The van der Waals surface area contributed by atoms with Gasteiger partial charge in [0.2, 0.25) is 5.91 Å². The molecular formula is C20H32N2O. The first kappa shape index (κ1) is 18.0. The van der Waals surface area contributed by atoms with Crippen molar-refractivity contribution in [1.82, 2.24) is 10.2 Å². The first-order valence-corrected chi connectivity index (χ1v) is 9.26. The van der Waals surface area contributed by atoms with Gasteiger partial charge in [-0.05, 0) is 44.8 Å². The Hall–Kier alpha value is -1.35. The van der Waals surface area contributed by atoms with Gasteiger partial charge in [-0.3, -0.25) is 4.79 Å². The van der Waals surface area contributed by atoms with Crippen LogP contribution in [0.1, 0.15) is 56.9 Å². The van der Waals surface area contributed by atoms with E-state index in [1.807, 2.05) is 30.3 Å². The molecular weight excluding hydrogens is 284 g/mol.